The molecule has 2 aromatic rings. The highest BCUT2D eigenvalue weighted by atomic mass is 35.5. The molecule has 0 N–H and O–H groups in total. The van der Waals surface area contributed by atoms with Crippen LogP contribution in [0.5, 0.6) is 0 Å². The topological polar surface area (TPSA) is 38.9 Å². The molecule has 0 amide bonds. The van der Waals surface area contributed by atoms with Crippen molar-refractivity contribution < 1.29 is 0 Å². The quantitative estimate of drug-likeness (QED) is 0.799. The molecular weight excluding hydrogens is 250 g/mol. The van der Waals surface area contributed by atoms with Crippen LogP contribution in [0.15, 0.2) is 0 Å². The van der Waals surface area contributed by atoms with Crippen molar-refractivity contribution in [3.05, 3.63) is 11.5 Å². The van der Waals surface area contributed by atoms with E-state index in [0.717, 1.165) is 35.5 Å². The monoisotopic (exact) mass is 269 g/mol. The third-order valence-electron chi connectivity index (χ3n) is 2.95. The minimum absolute atomic E-state index is 0.130. The fraction of sp³-hybridized carbons (Fsp3) is 0.667. The van der Waals surface area contributed by atoms with Crippen LogP contribution in [0.4, 0.5) is 0 Å². The predicted molar refractivity (Wildman–Crippen MR) is 74.8 cm³/mol. The second kappa shape index (κ2) is 4.80. The zero-order valence-corrected chi connectivity index (χ0v) is 12.4. The van der Waals surface area contributed by atoms with Gasteiger partial charge < -0.3 is 5.01 Å². The summed E-state index contributed by atoms with van der Waals surface area (Å²) in [6.07, 6.45) is 2.00. The molecule has 1 unspecified atom stereocenters. The zero-order valence-electron chi connectivity index (χ0n) is 11.6. The molecule has 6 heteroatoms. The van der Waals surface area contributed by atoms with E-state index in [4.69, 9.17) is 11.6 Å². The van der Waals surface area contributed by atoms with Crippen molar-refractivity contribution in [3.8, 4) is 0 Å². The summed E-state index contributed by atoms with van der Waals surface area (Å²) >= 11 is 6.22. The maximum atomic E-state index is 6.22. The van der Waals surface area contributed by atoms with Crippen molar-refractivity contribution in [2.24, 2.45) is 7.05 Å². The van der Waals surface area contributed by atoms with E-state index in [9.17, 15) is 0 Å². The molecule has 5 nitrogen and oxygen atoms in total. The van der Waals surface area contributed by atoms with Crippen molar-refractivity contribution in [3.63, 3.8) is 0 Å². The van der Waals surface area contributed by atoms with Crippen molar-refractivity contribution in [2.75, 3.05) is 19.1 Å². The lowest BCUT2D eigenvalue weighted by Crippen LogP contribution is -2.28. The van der Waals surface area contributed by atoms with Crippen LogP contribution in [0.1, 0.15) is 37.2 Å². The van der Waals surface area contributed by atoms with Crippen LogP contribution in [0.3, 0.4) is 0 Å². The molecule has 0 aromatic carbocycles. The van der Waals surface area contributed by atoms with Gasteiger partial charge in [0.1, 0.15) is 11.3 Å². The molecule has 0 saturated carbocycles. The Hall–Kier alpha value is -1.23. The van der Waals surface area contributed by atoms with Gasteiger partial charge in [0.15, 0.2) is 5.65 Å². The second-order valence-electron chi connectivity index (χ2n) is 4.74. The van der Waals surface area contributed by atoms with Crippen LogP contribution in [0, 0.1) is 0 Å². The van der Waals surface area contributed by atoms with Gasteiger partial charge in [0, 0.05) is 21.1 Å². The maximum Gasteiger partial charge on any atom is 0.177 e. The zero-order chi connectivity index (χ0) is 13.4. The molecule has 0 radical (unpaired) electrons. The first-order chi connectivity index (χ1) is 8.47. The average Bonchev–Trinajstić information content (AvgIpc) is 2.79. The normalized spacial score (nSPS) is 13.2. The van der Waals surface area contributed by atoms with Gasteiger partial charge in [-0.05, 0) is 13.3 Å². The van der Waals surface area contributed by atoms with E-state index in [0.29, 0.717) is 0 Å². The number of nitrogens with zero attached hydrogens (tertiary/aromatic N) is 5. The SMILES string of the molecule is CCCc1nn(C)c2c1nc(C(C)Cl)n2N(C)C. The van der Waals surface area contributed by atoms with Crippen LogP contribution in [-0.2, 0) is 13.5 Å². The Morgan fingerprint density at radius 2 is 2.06 bits per heavy atom. The molecule has 0 aliphatic heterocycles. The smallest absolute Gasteiger partial charge is 0.177 e. The van der Waals surface area contributed by atoms with Crippen LogP contribution in [-0.4, -0.2) is 33.5 Å². The molecule has 2 heterocycles. The van der Waals surface area contributed by atoms with E-state index in [1.165, 1.54) is 0 Å². The molecule has 0 saturated heterocycles. The Morgan fingerprint density at radius 1 is 1.39 bits per heavy atom. The van der Waals surface area contributed by atoms with E-state index >= 15 is 0 Å². The molecule has 0 bridgehead atoms. The lowest BCUT2D eigenvalue weighted by Gasteiger charge is -2.18. The molecule has 18 heavy (non-hydrogen) atoms. The molecular formula is C12H20ClN5. The average molecular weight is 270 g/mol. The number of halogens is 1. The van der Waals surface area contributed by atoms with Gasteiger partial charge in [-0.2, -0.15) is 5.10 Å². The molecule has 2 aromatic heterocycles. The summed E-state index contributed by atoms with van der Waals surface area (Å²) in [6, 6.07) is 0. The first kappa shape index (κ1) is 13.2. The standard InChI is InChI=1S/C12H20ClN5/c1-6-7-9-10-12(17(5)15-9)18(16(3)4)11(14-10)8(2)13/h8H,6-7H2,1-5H3. The summed E-state index contributed by atoms with van der Waals surface area (Å²) in [5.41, 5.74) is 3.02. The number of hydrogen-bond acceptors (Lipinski definition) is 3. The van der Waals surface area contributed by atoms with Crippen molar-refractivity contribution in [1.29, 1.82) is 0 Å². The molecule has 2 rings (SSSR count). The van der Waals surface area contributed by atoms with Gasteiger partial charge in [-0.25, -0.2) is 14.3 Å². The molecule has 100 valence electrons. The van der Waals surface area contributed by atoms with Gasteiger partial charge in [0.25, 0.3) is 0 Å². The van der Waals surface area contributed by atoms with Crippen molar-refractivity contribution in [2.45, 2.75) is 32.1 Å². The summed E-state index contributed by atoms with van der Waals surface area (Å²) in [7, 11) is 5.92. The molecule has 0 fully saturated rings. The first-order valence-electron chi connectivity index (χ1n) is 6.23. The summed E-state index contributed by atoms with van der Waals surface area (Å²) < 4.78 is 3.91. The number of alkyl halides is 1. The number of fused-ring (bicyclic) bond motifs is 1. The van der Waals surface area contributed by atoms with Gasteiger partial charge in [-0.3, -0.25) is 0 Å². The number of rotatable bonds is 4. The largest absolute Gasteiger partial charge is 0.316 e. The van der Waals surface area contributed by atoms with Crippen molar-refractivity contribution >= 4 is 22.8 Å². The summed E-state index contributed by atoms with van der Waals surface area (Å²) in [6.45, 7) is 4.09. The highest BCUT2D eigenvalue weighted by Crippen LogP contribution is 2.26. The van der Waals surface area contributed by atoms with E-state index in [-0.39, 0.29) is 5.38 Å². The van der Waals surface area contributed by atoms with Gasteiger partial charge >= 0.3 is 0 Å². The Morgan fingerprint density at radius 3 is 2.56 bits per heavy atom. The Labute approximate surface area is 112 Å². The first-order valence-corrected chi connectivity index (χ1v) is 6.66. The molecule has 1 atom stereocenters. The van der Waals surface area contributed by atoms with Crippen LogP contribution < -0.4 is 5.01 Å². The van der Waals surface area contributed by atoms with Crippen molar-refractivity contribution in [1.82, 2.24) is 19.4 Å². The third-order valence-corrected chi connectivity index (χ3v) is 3.14. The van der Waals surface area contributed by atoms with Gasteiger partial charge in [0.2, 0.25) is 0 Å². The molecule has 0 aliphatic rings. The summed E-state index contributed by atoms with van der Waals surface area (Å²) in [5.74, 6) is 0.863. The fourth-order valence-corrected chi connectivity index (χ4v) is 2.38. The highest BCUT2D eigenvalue weighted by Gasteiger charge is 2.22. The maximum absolute atomic E-state index is 6.22. The van der Waals surface area contributed by atoms with Crippen LogP contribution >= 0.6 is 11.6 Å². The Kier molecular flexibility index (Phi) is 3.52. The minimum Gasteiger partial charge on any atom is -0.316 e. The van der Waals surface area contributed by atoms with E-state index in [1.54, 1.807) is 0 Å². The number of imidazole rings is 1. The predicted octanol–water partition coefficient (Wildman–Crippen LogP) is 2.22. The third kappa shape index (κ3) is 1.96. The molecule has 0 spiro atoms. The highest BCUT2D eigenvalue weighted by molar-refractivity contribution is 6.20. The second-order valence-corrected chi connectivity index (χ2v) is 5.39. The fourth-order valence-electron chi connectivity index (χ4n) is 2.24. The Bertz CT molecular complexity index is 552. The summed E-state index contributed by atoms with van der Waals surface area (Å²) in [4.78, 5) is 4.68. The lowest BCUT2D eigenvalue weighted by atomic mass is 10.2. The van der Waals surface area contributed by atoms with Crippen LogP contribution in [0.2, 0.25) is 0 Å². The summed E-state index contributed by atoms with van der Waals surface area (Å²) in [5, 5.41) is 6.40. The van der Waals surface area contributed by atoms with Crippen LogP contribution in [0.25, 0.3) is 11.2 Å². The van der Waals surface area contributed by atoms with Gasteiger partial charge in [0.05, 0.1) is 11.1 Å². The Balaban J connectivity index is 2.73. The molecule has 0 aliphatic carbocycles. The van der Waals surface area contributed by atoms with Gasteiger partial charge in [-0.15, -0.1) is 11.6 Å². The van der Waals surface area contributed by atoms with E-state index in [1.807, 2.05) is 42.4 Å². The number of aryl methyl sites for hydroxylation is 2. The lowest BCUT2D eigenvalue weighted by molar-refractivity contribution is 0.651. The van der Waals surface area contributed by atoms with Gasteiger partial charge in [-0.1, -0.05) is 13.3 Å². The number of aromatic nitrogens is 4. The number of hydrogen-bond donors (Lipinski definition) is 0. The van der Waals surface area contributed by atoms with E-state index in [2.05, 4.69) is 17.0 Å². The minimum atomic E-state index is -0.130. The van der Waals surface area contributed by atoms with E-state index < -0.39 is 0 Å².